The minimum absolute atomic E-state index is 0.386. The van der Waals surface area contributed by atoms with E-state index < -0.39 is 0 Å². The van der Waals surface area contributed by atoms with Crippen molar-refractivity contribution in [1.82, 2.24) is 15.3 Å². The topological polar surface area (TPSA) is 75.9 Å². The molecule has 3 rings (SSSR count). The summed E-state index contributed by atoms with van der Waals surface area (Å²) < 4.78 is 0. The standard InChI is InChI=1S/C13H17N5/c14-12-13(16-9-4-3-7-15-8-9)18-11-6-2-1-5-10(11)17-12/h1-2,5-6,9,15H,3-4,7-8H2,(H2,14,17)(H,16,18)/t9-/m1/s1. The summed E-state index contributed by atoms with van der Waals surface area (Å²) in [5, 5.41) is 6.74. The second-order valence-corrected chi connectivity index (χ2v) is 4.63. The Hall–Kier alpha value is -1.88. The second kappa shape index (κ2) is 4.78. The molecule has 1 aliphatic rings. The molecule has 0 bridgehead atoms. The summed E-state index contributed by atoms with van der Waals surface area (Å²) in [6, 6.07) is 8.15. The summed E-state index contributed by atoms with van der Waals surface area (Å²) in [6.07, 6.45) is 2.32. The largest absolute Gasteiger partial charge is 0.381 e. The Morgan fingerprint density at radius 1 is 1.22 bits per heavy atom. The van der Waals surface area contributed by atoms with Crippen LogP contribution in [0.3, 0.4) is 0 Å². The van der Waals surface area contributed by atoms with Crippen LogP contribution in [-0.4, -0.2) is 29.1 Å². The molecule has 0 aliphatic carbocycles. The number of hydrogen-bond donors (Lipinski definition) is 3. The Morgan fingerprint density at radius 3 is 2.72 bits per heavy atom. The van der Waals surface area contributed by atoms with E-state index in [2.05, 4.69) is 20.6 Å². The van der Waals surface area contributed by atoms with Crippen LogP contribution in [0.25, 0.3) is 11.0 Å². The molecular weight excluding hydrogens is 226 g/mol. The monoisotopic (exact) mass is 243 g/mol. The van der Waals surface area contributed by atoms with E-state index in [1.165, 1.54) is 6.42 Å². The van der Waals surface area contributed by atoms with Crippen LogP contribution in [0.1, 0.15) is 12.8 Å². The molecule has 0 amide bonds. The first-order valence-corrected chi connectivity index (χ1v) is 6.32. The molecular formula is C13H17N5. The first-order chi connectivity index (χ1) is 8.83. The SMILES string of the molecule is Nc1nc2ccccc2nc1N[C@@H]1CCCNC1. The van der Waals surface area contributed by atoms with Crippen LogP contribution in [0, 0.1) is 0 Å². The molecule has 2 heterocycles. The summed E-state index contributed by atoms with van der Waals surface area (Å²) in [6.45, 7) is 2.05. The average Bonchev–Trinajstić information content (AvgIpc) is 2.41. The van der Waals surface area contributed by atoms with E-state index in [0.29, 0.717) is 17.7 Å². The number of hydrogen-bond acceptors (Lipinski definition) is 5. The van der Waals surface area contributed by atoms with Gasteiger partial charge in [0.25, 0.3) is 0 Å². The summed E-state index contributed by atoms with van der Waals surface area (Å²) in [7, 11) is 0. The number of benzene rings is 1. The van der Waals surface area contributed by atoms with Gasteiger partial charge in [0, 0.05) is 12.6 Å². The first-order valence-electron chi connectivity index (χ1n) is 6.32. The zero-order chi connectivity index (χ0) is 12.4. The van der Waals surface area contributed by atoms with Crippen LogP contribution in [0.15, 0.2) is 24.3 Å². The van der Waals surface area contributed by atoms with Crippen LogP contribution in [0.4, 0.5) is 11.6 Å². The van der Waals surface area contributed by atoms with Crippen molar-refractivity contribution in [3.63, 3.8) is 0 Å². The molecule has 1 aliphatic heterocycles. The maximum Gasteiger partial charge on any atom is 0.169 e. The molecule has 0 unspecified atom stereocenters. The number of nitrogens with two attached hydrogens (primary N) is 1. The third kappa shape index (κ3) is 2.22. The Labute approximate surface area is 106 Å². The molecule has 1 fully saturated rings. The van der Waals surface area contributed by atoms with Crippen molar-refractivity contribution < 1.29 is 0 Å². The predicted octanol–water partition coefficient (Wildman–Crippen LogP) is 1.38. The molecule has 1 saturated heterocycles. The number of piperidine rings is 1. The van der Waals surface area contributed by atoms with Crippen molar-refractivity contribution in [2.75, 3.05) is 24.1 Å². The van der Waals surface area contributed by atoms with Gasteiger partial charge >= 0.3 is 0 Å². The fourth-order valence-corrected chi connectivity index (χ4v) is 2.29. The number of nitrogen functional groups attached to an aromatic ring is 1. The van der Waals surface area contributed by atoms with Crippen molar-refractivity contribution in [2.24, 2.45) is 0 Å². The van der Waals surface area contributed by atoms with Crippen molar-refractivity contribution in [3.05, 3.63) is 24.3 Å². The lowest BCUT2D eigenvalue weighted by atomic mass is 10.1. The van der Waals surface area contributed by atoms with Gasteiger partial charge in [0.1, 0.15) is 0 Å². The molecule has 0 spiro atoms. The van der Waals surface area contributed by atoms with Gasteiger partial charge in [-0.05, 0) is 31.5 Å². The van der Waals surface area contributed by atoms with E-state index >= 15 is 0 Å². The van der Waals surface area contributed by atoms with Gasteiger partial charge in [0.05, 0.1) is 11.0 Å². The first kappa shape index (κ1) is 11.2. The highest BCUT2D eigenvalue weighted by Crippen LogP contribution is 2.20. The molecule has 2 aromatic rings. The molecule has 1 aromatic heterocycles. The highest BCUT2D eigenvalue weighted by Gasteiger charge is 2.15. The Morgan fingerprint density at radius 2 is 2.00 bits per heavy atom. The van der Waals surface area contributed by atoms with Gasteiger partial charge in [0.15, 0.2) is 11.6 Å². The van der Waals surface area contributed by atoms with Crippen molar-refractivity contribution in [1.29, 1.82) is 0 Å². The molecule has 5 nitrogen and oxygen atoms in total. The molecule has 94 valence electrons. The second-order valence-electron chi connectivity index (χ2n) is 4.63. The van der Waals surface area contributed by atoms with E-state index in [0.717, 1.165) is 30.5 Å². The number of para-hydroxylation sites is 2. The normalized spacial score (nSPS) is 19.9. The Balaban J connectivity index is 1.88. The van der Waals surface area contributed by atoms with Crippen LogP contribution in [0.2, 0.25) is 0 Å². The zero-order valence-electron chi connectivity index (χ0n) is 10.2. The van der Waals surface area contributed by atoms with E-state index in [1.54, 1.807) is 0 Å². The van der Waals surface area contributed by atoms with Crippen molar-refractivity contribution >= 4 is 22.7 Å². The predicted molar refractivity (Wildman–Crippen MR) is 73.5 cm³/mol. The lowest BCUT2D eigenvalue weighted by Gasteiger charge is -2.24. The van der Waals surface area contributed by atoms with Crippen LogP contribution >= 0.6 is 0 Å². The van der Waals surface area contributed by atoms with Gasteiger partial charge in [-0.2, -0.15) is 0 Å². The van der Waals surface area contributed by atoms with Crippen LogP contribution < -0.4 is 16.4 Å². The quantitative estimate of drug-likeness (QED) is 0.743. The molecule has 0 radical (unpaired) electrons. The fraction of sp³-hybridized carbons (Fsp3) is 0.385. The summed E-state index contributed by atoms with van der Waals surface area (Å²) in [5.74, 6) is 1.17. The lowest BCUT2D eigenvalue weighted by Crippen LogP contribution is -2.38. The third-order valence-corrected chi connectivity index (χ3v) is 3.24. The van der Waals surface area contributed by atoms with Gasteiger partial charge in [-0.25, -0.2) is 9.97 Å². The van der Waals surface area contributed by atoms with Gasteiger partial charge in [-0.3, -0.25) is 0 Å². The van der Waals surface area contributed by atoms with E-state index in [4.69, 9.17) is 5.73 Å². The third-order valence-electron chi connectivity index (χ3n) is 3.24. The fourth-order valence-electron chi connectivity index (χ4n) is 2.29. The number of nitrogens with zero attached hydrogens (tertiary/aromatic N) is 2. The number of fused-ring (bicyclic) bond motifs is 1. The molecule has 0 saturated carbocycles. The van der Waals surface area contributed by atoms with Crippen LogP contribution in [-0.2, 0) is 0 Å². The molecule has 18 heavy (non-hydrogen) atoms. The lowest BCUT2D eigenvalue weighted by molar-refractivity contribution is 0.479. The van der Waals surface area contributed by atoms with Crippen molar-refractivity contribution in [2.45, 2.75) is 18.9 Å². The van der Waals surface area contributed by atoms with Gasteiger partial charge in [0.2, 0.25) is 0 Å². The highest BCUT2D eigenvalue weighted by molar-refractivity contribution is 5.79. The highest BCUT2D eigenvalue weighted by atomic mass is 15.1. The maximum atomic E-state index is 5.95. The average molecular weight is 243 g/mol. The maximum absolute atomic E-state index is 5.95. The molecule has 4 N–H and O–H groups in total. The number of nitrogens with one attached hydrogen (secondary N) is 2. The van der Waals surface area contributed by atoms with E-state index in [1.807, 2.05) is 24.3 Å². The Kier molecular flexibility index (Phi) is 2.98. The number of aromatic nitrogens is 2. The van der Waals surface area contributed by atoms with E-state index in [-0.39, 0.29) is 0 Å². The minimum Gasteiger partial charge on any atom is -0.381 e. The smallest absolute Gasteiger partial charge is 0.169 e. The van der Waals surface area contributed by atoms with E-state index in [9.17, 15) is 0 Å². The minimum atomic E-state index is 0.386. The summed E-state index contributed by atoms with van der Waals surface area (Å²) >= 11 is 0. The molecule has 1 aromatic carbocycles. The van der Waals surface area contributed by atoms with Gasteiger partial charge in [-0.1, -0.05) is 12.1 Å². The van der Waals surface area contributed by atoms with Gasteiger partial charge < -0.3 is 16.4 Å². The number of rotatable bonds is 2. The summed E-state index contributed by atoms with van der Waals surface area (Å²) in [5.41, 5.74) is 7.66. The van der Waals surface area contributed by atoms with Gasteiger partial charge in [-0.15, -0.1) is 0 Å². The Bertz CT molecular complexity index is 548. The van der Waals surface area contributed by atoms with Crippen LogP contribution in [0.5, 0.6) is 0 Å². The van der Waals surface area contributed by atoms with Crippen molar-refractivity contribution in [3.8, 4) is 0 Å². The summed E-state index contributed by atoms with van der Waals surface area (Å²) in [4.78, 5) is 8.92. The number of anilines is 2. The molecule has 5 heteroatoms. The molecule has 1 atom stereocenters. The zero-order valence-corrected chi connectivity index (χ0v) is 10.2.